The molecule has 0 spiro atoms. The lowest BCUT2D eigenvalue weighted by Crippen LogP contribution is -2.31. The molecule has 3 rings (SSSR count). The highest BCUT2D eigenvalue weighted by Gasteiger charge is 2.38. The minimum Gasteiger partial charge on any atom is -0.475 e. The number of carbonyl (C=O) groups excluding carboxylic acids is 1. The van der Waals surface area contributed by atoms with Crippen LogP contribution in [0.15, 0.2) is 23.1 Å². The summed E-state index contributed by atoms with van der Waals surface area (Å²) in [5.74, 6) is -2.64. The van der Waals surface area contributed by atoms with Crippen LogP contribution < -0.4 is 16.2 Å². The van der Waals surface area contributed by atoms with Crippen molar-refractivity contribution in [1.29, 1.82) is 0 Å². The van der Waals surface area contributed by atoms with Crippen molar-refractivity contribution in [2.75, 3.05) is 13.1 Å². The number of pyridine rings is 1. The number of halogens is 3. The molecule has 3 heterocycles. The molecule has 0 aliphatic carbocycles. The molecule has 0 aromatic carbocycles. The standard InChI is InChI=1S/C16H21N5O2.C2HF3O2/c1-10-5-11(6-14(22)20-10)7-18-16(23)13-9-19-21-15(13)12-3-2-4-17-8-12;3-2(4,5)1(6)7/h5-6,9,12,17H,2-4,7-8H2,1H3,(H,18,23)(H,19,21)(H,20,22);(H,6,7). The Morgan fingerprint density at radius 2 is 2.03 bits per heavy atom. The highest BCUT2D eigenvalue weighted by atomic mass is 19.4. The van der Waals surface area contributed by atoms with Gasteiger partial charge in [-0.3, -0.25) is 14.7 Å². The Balaban J connectivity index is 0.000000396. The van der Waals surface area contributed by atoms with E-state index in [2.05, 4.69) is 25.8 Å². The van der Waals surface area contributed by atoms with Gasteiger partial charge in [0.1, 0.15) is 0 Å². The van der Waals surface area contributed by atoms with Gasteiger partial charge in [0.25, 0.3) is 5.91 Å². The molecular formula is C18H22F3N5O4. The molecule has 9 nitrogen and oxygen atoms in total. The largest absolute Gasteiger partial charge is 0.490 e. The number of nitrogens with one attached hydrogen (secondary N) is 4. The quantitative estimate of drug-likeness (QED) is 0.498. The lowest BCUT2D eigenvalue weighted by molar-refractivity contribution is -0.192. The van der Waals surface area contributed by atoms with Crippen molar-refractivity contribution >= 4 is 11.9 Å². The number of aryl methyl sites for hydroxylation is 1. The van der Waals surface area contributed by atoms with E-state index < -0.39 is 12.1 Å². The zero-order valence-electron chi connectivity index (χ0n) is 16.1. The molecule has 30 heavy (non-hydrogen) atoms. The summed E-state index contributed by atoms with van der Waals surface area (Å²) in [5.41, 5.74) is 2.87. The lowest BCUT2D eigenvalue weighted by atomic mass is 9.93. The van der Waals surface area contributed by atoms with Crippen molar-refractivity contribution in [2.24, 2.45) is 0 Å². The summed E-state index contributed by atoms with van der Waals surface area (Å²) < 4.78 is 31.7. The van der Waals surface area contributed by atoms with Crippen molar-refractivity contribution < 1.29 is 27.9 Å². The number of rotatable bonds is 4. The van der Waals surface area contributed by atoms with Crippen LogP contribution in [-0.4, -0.2) is 51.4 Å². The molecule has 2 aromatic heterocycles. The van der Waals surface area contributed by atoms with Gasteiger partial charge >= 0.3 is 12.1 Å². The molecule has 12 heteroatoms. The Morgan fingerprint density at radius 3 is 2.60 bits per heavy atom. The fourth-order valence-corrected chi connectivity index (χ4v) is 3.02. The van der Waals surface area contributed by atoms with E-state index in [4.69, 9.17) is 9.90 Å². The van der Waals surface area contributed by atoms with Crippen LogP contribution in [-0.2, 0) is 11.3 Å². The number of alkyl halides is 3. The van der Waals surface area contributed by atoms with Gasteiger partial charge in [-0.25, -0.2) is 4.79 Å². The number of amides is 1. The zero-order chi connectivity index (χ0) is 22.3. The molecule has 1 unspecified atom stereocenters. The van der Waals surface area contributed by atoms with Crippen LogP contribution in [0.2, 0.25) is 0 Å². The Kier molecular flexibility index (Phi) is 7.75. The van der Waals surface area contributed by atoms with E-state index in [0.717, 1.165) is 42.9 Å². The van der Waals surface area contributed by atoms with Crippen molar-refractivity contribution in [1.82, 2.24) is 25.8 Å². The van der Waals surface area contributed by atoms with Gasteiger partial charge in [0.05, 0.1) is 17.5 Å². The highest BCUT2D eigenvalue weighted by molar-refractivity contribution is 5.95. The SMILES string of the molecule is Cc1cc(CNC(=O)c2cn[nH]c2C2CCCNC2)cc(=O)[nH]1.O=C(O)C(F)(F)F. The zero-order valence-corrected chi connectivity index (χ0v) is 16.1. The highest BCUT2D eigenvalue weighted by Crippen LogP contribution is 2.24. The van der Waals surface area contributed by atoms with Crippen molar-refractivity contribution in [3.05, 3.63) is 51.2 Å². The first kappa shape index (κ1) is 23.1. The summed E-state index contributed by atoms with van der Waals surface area (Å²) >= 11 is 0. The molecule has 1 saturated heterocycles. The molecule has 1 amide bonds. The van der Waals surface area contributed by atoms with Gasteiger partial charge < -0.3 is 20.7 Å². The minimum atomic E-state index is -5.08. The smallest absolute Gasteiger partial charge is 0.475 e. The number of carbonyl (C=O) groups is 2. The van der Waals surface area contributed by atoms with Gasteiger partial charge in [0.2, 0.25) is 5.56 Å². The maximum absolute atomic E-state index is 12.4. The monoisotopic (exact) mass is 429 g/mol. The van der Waals surface area contributed by atoms with Crippen LogP contribution in [0.3, 0.4) is 0 Å². The first-order valence-electron chi connectivity index (χ1n) is 9.10. The Bertz CT molecular complexity index is 932. The molecule has 1 aliphatic rings. The Hall–Kier alpha value is -3.15. The Morgan fingerprint density at radius 1 is 1.33 bits per heavy atom. The predicted octanol–water partition coefficient (Wildman–Crippen LogP) is 1.44. The van der Waals surface area contributed by atoms with Crippen molar-refractivity contribution in [2.45, 2.75) is 38.4 Å². The molecule has 1 fully saturated rings. The maximum Gasteiger partial charge on any atom is 0.490 e. The molecule has 0 bridgehead atoms. The number of aliphatic carboxylic acids is 1. The third-order valence-corrected chi connectivity index (χ3v) is 4.35. The van der Waals surface area contributed by atoms with Crippen molar-refractivity contribution in [3.63, 3.8) is 0 Å². The molecule has 1 aliphatic heterocycles. The summed E-state index contributed by atoms with van der Waals surface area (Å²) in [5, 5.41) is 20.3. The first-order valence-corrected chi connectivity index (χ1v) is 9.10. The van der Waals surface area contributed by atoms with E-state index in [1.54, 1.807) is 6.20 Å². The van der Waals surface area contributed by atoms with Crippen molar-refractivity contribution in [3.8, 4) is 0 Å². The van der Waals surface area contributed by atoms with Crippen LogP contribution in [0, 0.1) is 6.92 Å². The number of aromatic nitrogens is 3. The number of hydrogen-bond acceptors (Lipinski definition) is 5. The topological polar surface area (TPSA) is 140 Å². The van der Waals surface area contributed by atoms with Crippen LogP contribution in [0.1, 0.15) is 46.1 Å². The van der Waals surface area contributed by atoms with Gasteiger partial charge in [-0.2, -0.15) is 18.3 Å². The van der Waals surface area contributed by atoms with E-state index in [0.29, 0.717) is 12.1 Å². The minimum absolute atomic E-state index is 0.161. The summed E-state index contributed by atoms with van der Waals surface area (Å²) in [7, 11) is 0. The summed E-state index contributed by atoms with van der Waals surface area (Å²) in [4.78, 5) is 35.5. The number of carboxylic acids is 1. The van der Waals surface area contributed by atoms with Gasteiger partial charge in [0, 0.05) is 30.8 Å². The van der Waals surface area contributed by atoms with E-state index in [9.17, 15) is 22.8 Å². The summed E-state index contributed by atoms with van der Waals surface area (Å²) in [6.45, 7) is 4.01. The van der Waals surface area contributed by atoms with E-state index >= 15 is 0 Å². The van der Waals surface area contributed by atoms with Crippen LogP contribution in [0.5, 0.6) is 0 Å². The average Bonchev–Trinajstić information content (AvgIpc) is 3.16. The second kappa shape index (κ2) is 10.1. The molecule has 5 N–H and O–H groups in total. The average molecular weight is 429 g/mol. The molecular weight excluding hydrogens is 407 g/mol. The normalized spacial score (nSPS) is 16.3. The fraction of sp³-hybridized carbons (Fsp3) is 0.444. The molecule has 0 radical (unpaired) electrons. The lowest BCUT2D eigenvalue weighted by Gasteiger charge is -2.22. The summed E-state index contributed by atoms with van der Waals surface area (Å²) in [6.07, 6.45) is -1.37. The van der Waals surface area contributed by atoms with Gasteiger partial charge in [-0.15, -0.1) is 0 Å². The first-order chi connectivity index (χ1) is 14.1. The number of H-pyrrole nitrogens is 2. The third-order valence-electron chi connectivity index (χ3n) is 4.35. The van der Waals surface area contributed by atoms with E-state index in [-0.39, 0.29) is 17.4 Å². The number of piperidine rings is 1. The van der Waals surface area contributed by atoms with E-state index in [1.165, 1.54) is 6.07 Å². The molecule has 2 aromatic rings. The van der Waals surface area contributed by atoms with E-state index in [1.807, 2.05) is 13.0 Å². The fourth-order valence-electron chi connectivity index (χ4n) is 3.02. The molecule has 0 saturated carbocycles. The number of hydrogen-bond donors (Lipinski definition) is 5. The van der Waals surface area contributed by atoms with Crippen LogP contribution in [0.4, 0.5) is 13.2 Å². The van der Waals surface area contributed by atoms with Gasteiger partial charge in [-0.05, 0) is 37.9 Å². The van der Waals surface area contributed by atoms with Gasteiger partial charge in [0.15, 0.2) is 0 Å². The number of carboxylic acid groups (broad SMARTS) is 1. The van der Waals surface area contributed by atoms with Gasteiger partial charge in [-0.1, -0.05) is 0 Å². The number of aromatic amines is 2. The Labute approximate surface area is 169 Å². The molecule has 164 valence electrons. The maximum atomic E-state index is 12.4. The summed E-state index contributed by atoms with van der Waals surface area (Å²) in [6, 6.07) is 3.34. The second-order valence-electron chi connectivity index (χ2n) is 6.76. The van der Waals surface area contributed by atoms with Crippen LogP contribution in [0.25, 0.3) is 0 Å². The molecule has 1 atom stereocenters. The third kappa shape index (κ3) is 6.72. The predicted molar refractivity (Wildman–Crippen MR) is 100 cm³/mol. The second-order valence-corrected chi connectivity index (χ2v) is 6.76. The van der Waals surface area contributed by atoms with Crippen LogP contribution >= 0.6 is 0 Å². The number of nitrogens with zero attached hydrogens (tertiary/aromatic N) is 1.